The molecular weight excluding hydrogens is 165 g/mol. The van der Waals surface area contributed by atoms with Crippen molar-refractivity contribution in [2.45, 2.75) is 18.9 Å². The molecule has 1 nitrogen and oxygen atoms in total. The summed E-state index contributed by atoms with van der Waals surface area (Å²) >= 11 is 0. The number of halogens is 1. The normalized spacial score (nSPS) is 15.0. The molecule has 0 heterocycles. The molecule has 1 unspecified atom stereocenters. The zero-order valence-electron chi connectivity index (χ0n) is 7.76. The second-order valence-corrected chi connectivity index (χ2v) is 3.39. The quantitative estimate of drug-likeness (QED) is 0.709. The second-order valence-electron chi connectivity index (χ2n) is 3.39. The third kappa shape index (κ3) is 2.16. The van der Waals surface area contributed by atoms with Crippen molar-refractivity contribution in [3.63, 3.8) is 0 Å². The summed E-state index contributed by atoms with van der Waals surface area (Å²) in [6.45, 7) is 5.40. The van der Waals surface area contributed by atoms with Crippen molar-refractivity contribution < 1.29 is 4.39 Å². The summed E-state index contributed by atoms with van der Waals surface area (Å²) in [6, 6.07) is 6.57. The number of benzene rings is 1. The van der Waals surface area contributed by atoms with Gasteiger partial charge in [0, 0.05) is 11.1 Å². The van der Waals surface area contributed by atoms with Crippen LogP contribution in [0.3, 0.4) is 0 Å². The molecule has 0 radical (unpaired) electrons. The summed E-state index contributed by atoms with van der Waals surface area (Å²) < 4.78 is 13.3. The molecular formula is C11H14FN. The largest absolute Gasteiger partial charge is 0.321 e. The maximum Gasteiger partial charge on any atom is 0.128 e. The molecule has 0 aliphatic heterocycles. The predicted octanol–water partition coefficient (Wildman–Crippen LogP) is 2.58. The van der Waals surface area contributed by atoms with Gasteiger partial charge in [-0.25, -0.2) is 4.39 Å². The average Bonchev–Trinajstić information content (AvgIpc) is 2.04. The minimum Gasteiger partial charge on any atom is -0.321 e. The Morgan fingerprint density at radius 3 is 2.69 bits per heavy atom. The van der Waals surface area contributed by atoms with E-state index in [1.54, 1.807) is 31.2 Å². The van der Waals surface area contributed by atoms with Gasteiger partial charge in [0.2, 0.25) is 0 Å². The summed E-state index contributed by atoms with van der Waals surface area (Å²) in [5.41, 5.74) is 5.82. The predicted molar refractivity (Wildman–Crippen MR) is 52.8 cm³/mol. The minimum absolute atomic E-state index is 0.255. The highest BCUT2D eigenvalue weighted by molar-refractivity contribution is 5.25. The van der Waals surface area contributed by atoms with Gasteiger partial charge >= 0.3 is 0 Å². The van der Waals surface area contributed by atoms with Gasteiger partial charge in [0.25, 0.3) is 0 Å². The number of hydrogen-bond donors (Lipinski definition) is 1. The highest BCUT2D eigenvalue weighted by Crippen LogP contribution is 2.24. The summed E-state index contributed by atoms with van der Waals surface area (Å²) in [5.74, 6) is -0.255. The second kappa shape index (κ2) is 3.71. The summed E-state index contributed by atoms with van der Waals surface area (Å²) in [5, 5.41) is 0. The van der Waals surface area contributed by atoms with Gasteiger partial charge in [-0.15, -0.1) is 6.58 Å². The first-order valence-corrected chi connectivity index (χ1v) is 4.23. The highest BCUT2D eigenvalue weighted by atomic mass is 19.1. The smallest absolute Gasteiger partial charge is 0.128 e. The molecule has 1 aromatic carbocycles. The maximum atomic E-state index is 13.3. The highest BCUT2D eigenvalue weighted by Gasteiger charge is 2.22. The van der Waals surface area contributed by atoms with Crippen LogP contribution in [-0.4, -0.2) is 0 Å². The van der Waals surface area contributed by atoms with Gasteiger partial charge in [-0.2, -0.15) is 0 Å². The lowest BCUT2D eigenvalue weighted by molar-refractivity contribution is 0.465. The Kier molecular flexibility index (Phi) is 2.83. The molecule has 0 amide bonds. The van der Waals surface area contributed by atoms with Crippen LogP contribution in [0.25, 0.3) is 0 Å². The van der Waals surface area contributed by atoms with Gasteiger partial charge in [-0.3, -0.25) is 0 Å². The fourth-order valence-corrected chi connectivity index (χ4v) is 1.33. The van der Waals surface area contributed by atoms with Crippen LogP contribution in [0.2, 0.25) is 0 Å². The molecule has 0 saturated heterocycles. The molecule has 0 aliphatic rings. The van der Waals surface area contributed by atoms with Crippen molar-refractivity contribution in [2.24, 2.45) is 5.73 Å². The average molecular weight is 179 g/mol. The Balaban J connectivity index is 3.06. The van der Waals surface area contributed by atoms with Crippen molar-refractivity contribution >= 4 is 0 Å². The van der Waals surface area contributed by atoms with Crippen LogP contribution in [0.4, 0.5) is 4.39 Å². The van der Waals surface area contributed by atoms with E-state index in [1.165, 1.54) is 6.07 Å². The van der Waals surface area contributed by atoms with Crippen LogP contribution >= 0.6 is 0 Å². The Morgan fingerprint density at radius 2 is 2.15 bits per heavy atom. The lowest BCUT2D eigenvalue weighted by Gasteiger charge is -2.23. The Labute approximate surface area is 78.1 Å². The Morgan fingerprint density at radius 1 is 1.54 bits per heavy atom. The van der Waals surface area contributed by atoms with E-state index in [0.29, 0.717) is 12.0 Å². The van der Waals surface area contributed by atoms with Crippen LogP contribution in [0.5, 0.6) is 0 Å². The summed E-state index contributed by atoms with van der Waals surface area (Å²) in [4.78, 5) is 0. The van der Waals surface area contributed by atoms with E-state index >= 15 is 0 Å². The van der Waals surface area contributed by atoms with Crippen LogP contribution in [0, 0.1) is 5.82 Å². The van der Waals surface area contributed by atoms with E-state index < -0.39 is 5.54 Å². The standard InChI is InChI=1S/C11H14FN/c1-3-8-11(2,13)9-6-4-5-7-10(9)12/h3-7H,1,8,13H2,2H3. The van der Waals surface area contributed by atoms with Crippen LogP contribution in [0.15, 0.2) is 36.9 Å². The fourth-order valence-electron chi connectivity index (χ4n) is 1.33. The molecule has 2 heteroatoms. The summed E-state index contributed by atoms with van der Waals surface area (Å²) in [6.07, 6.45) is 2.26. The lowest BCUT2D eigenvalue weighted by atomic mass is 9.89. The van der Waals surface area contributed by atoms with Gasteiger partial charge in [0.15, 0.2) is 0 Å². The van der Waals surface area contributed by atoms with Gasteiger partial charge in [0.05, 0.1) is 0 Å². The molecule has 1 atom stereocenters. The van der Waals surface area contributed by atoms with Crippen LogP contribution in [0.1, 0.15) is 18.9 Å². The molecule has 0 saturated carbocycles. The van der Waals surface area contributed by atoms with Crippen LogP contribution in [-0.2, 0) is 5.54 Å². The van der Waals surface area contributed by atoms with Crippen molar-refractivity contribution in [3.8, 4) is 0 Å². The zero-order valence-corrected chi connectivity index (χ0v) is 7.76. The molecule has 0 spiro atoms. The van der Waals surface area contributed by atoms with Crippen LogP contribution < -0.4 is 5.73 Å². The topological polar surface area (TPSA) is 26.0 Å². The first-order valence-electron chi connectivity index (χ1n) is 4.23. The van der Waals surface area contributed by atoms with Crippen molar-refractivity contribution in [2.75, 3.05) is 0 Å². The third-order valence-corrected chi connectivity index (χ3v) is 2.06. The van der Waals surface area contributed by atoms with E-state index in [2.05, 4.69) is 6.58 Å². The fraction of sp³-hybridized carbons (Fsp3) is 0.273. The van der Waals surface area contributed by atoms with Gasteiger partial charge < -0.3 is 5.73 Å². The van der Waals surface area contributed by atoms with E-state index in [1.807, 2.05) is 0 Å². The van der Waals surface area contributed by atoms with Crippen molar-refractivity contribution in [1.82, 2.24) is 0 Å². The van der Waals surface area contributed by atoms with Gasteiger partial charge in [-0.1, -0.05) is 24.3 Å². The Bertz CT molecular complexity index is 305. The minimum atomic E-state index is -0.660. The zero-order chi connectivity index (χ0) is 9.90. The summed E-state index contributed by atoms with van der Waals surface area (Å²) in [7, 11) is 0. The van der Waals surface area contributed by atoms with E-state index in [9.17, 15) is 4.39 Å². The van der Waals surface area contributed by atoms with Gasteiger partial charge in [0.1, 0.15) is 5.82 Å². The molecule has 2 N–H and O–H groups in total. The first kappa shape index (κ1) is 9.93. The van der Waals surface area contributed by atoms with Gasteiger partial charge in [-0.05, 0) is 19.4 Å². The van der Waals surface area contributed by atoms with Crippen molar-refractivity contribution in [1.29, 1.82) is 0 Å². The van der Waals surface area contributed by atoms with E-state index in [4.69, 9.17) is 5.73 Å². The molecule has 70 valence electrons. The molecule has 0 aliphatic carbocycles. The van der Waals surface area contributed by atoms with Crippen molar-refractivity contribution in [3.05, 3.63) is 48.3 Å². The SMILES string of the molecule is C=CCC(C)(N)c1ccccc1F. The first-order chi connectivity index (χ1) is 6.08. The number of hydrogen-bond acceptors (Lipinski definition) is 1. The van der Waals surface area contributed by atoms with E-state index in [-0.39, 0.29) is 5.82 Å². The molecule has 1 aromatic rings. The molecule has 13 heavy (non-hydrogen) atoms. The number of rotatable bonds is 3. The molecule has 1 rings (SSSR count). The monoisotopic (exact) mass is 179 g/mol. The van der Waals surface area contributed by atoms with E-state index in [0.717, 1.165) is 0 Å². The number of nitrogens with two attached hydrogens (primary N) is 1. The molecule has 0 bridgehead atoms. The third-order valence-electron chi connectivity index (χ3n) is 2.06. The molecule has 0 fully saturated rings. The Hall–Kier alpha value is -1.15. The maximum absolute atomic E-state index is 13.3. The lowest BCUT2D eigenvalue weighted by Crippen LogP contribution is -2.33. The molecule has 0 aromatic heterocycles.